The average molecular weight is 233 g/mol. The number of carbonyl (C=O) groups is 1. The molecule has 1 aromatic rings. The van der Waals surface area contributed by atoms with Crippen LogP contribution < -0.4 is 0 Å². The number of aliphatic hydroxyl groups excluding tert-OH is 1. The van der Waals surface area contributed by atoms with E-state index < -0.39 is 12.1 Å². The van der Waals surface area contributed by atoms with Crippen molar-refractivity contribution in [1.29, 1.82) is 0 Å². The van der Waals surface area contributed by atoms with Gasteiger partial charge in [-0.2, -0.15) is 5.10 Å². The van der Waals surface area contributed by atoms with Crippen molar-refractivity contribution in [3.05, 3.63) is 16.4 Å². The smallest absolute Gasteiger partial charge is 0.325 e. The van der Waals surface area contributed by atoms with E-state index in [1.54, 1.807) is 13.8 Å². The lowest BCUT2D eigenvalue weighted by atomic mass is 10.2. The highest BCUT2D eigenvalue weighted by molar-refractivity contribution is 6.31. The van der Waals surface area contributed by atoms with Gasteiger partial charge in [-0.3, -0.25) is 9.48 Å². The van der Waals surface area contributed by atoms with Crippen LogP contribution in [0.1, 0.15) is 30.8 Å². The summed E-state index contributed by atoms with van der Waals surface area (Å²) in [4.78, 5) is 10.5. The highest BCUT2D eigenvalue weighted by Crippen LogP contribution is 2.26. The van der Waals surface area contributed by atoms with Crippen molar-refractivity contribution in [2.45, 2.75) is 32.9 Å². The van der Waals surface area contributed by atoms with Gasteiger partial charge in [0.1, 0.15) is 12.2 Å². The van der Waals surface area contributed by atoms with Crippen LogP contribution in [0.15, 0.2) is 0 Å². The Morgan fingerprint density at radius 3 is 2.73 bits per heavy atom. The first-order chi connectivity index (χ1) is 6.97. The van der Waals surface area contributed by atoms with E-state index in [1.807, 2.05) is 0 Å². The molecule has 0 amide bonds. The molecule has 1 aromatic heterocycles. The zero-order valence-corrected chi connectivity index (χ0v) is 9.32. The lowest BCUT2D eigenvalue weighted by Gasteiger charge is -2.03. The summed E-state index contributed by atoms with van der Waals surface area (Å²) in [6.07, 6.45) is -0.255. The summed E-state index contributed by atoms with van der Waals surface area (Å²) in [6, 6.07) is 0. The molecule has 1 atom stereocenters. The first kappa shape index (κ1) is 12.0. The second-order valence-electron chi connectivity index (χ2n) is 3.26. The largest absolute Gasteiger partial charge is 0.480 e. The molecule has 0 radical (unpaired) electrons. The summed E-state index contributed by atoms with van der Waals surface area (Å²) in [5, 5.41) is 22.5. The van der Waals surface area contributed by atoms with Gasteiger partial charge in [0.2, 0.25) is 0 Å². The summed E-state index contributed by atoms with van der Waals surface area (Å²) in [6.45, 7) is 3.22. The highest BCUT2D eigenvalue weighted by atomic mass is 35.5. The molecule has 1 heterocycles. The number of carboxylic acid groups (broad SMARTS) is 1. The third kappa shape index (κ3) is 2.49. The van der Waals surface area contributed by atoms with Crippen LogP contribution in [0.2, 0.25) is 5.02 Å². The van der Waals surface area contributed by atoms with E-state index in [2.05, 4.69) is 5.10 Å². The van der Waals surface area contributed by atoms with E-state index in [4.69, 9.17) is 16.7 Å². The number of halogens is 1. The summed E-state index contributed by atoms with van der Waals surface area (Å²) < 4.78 is 1.28. The number of aromatic nitrogens is 2. The van der Waals surface area contributed by atoms with Crippen molar-refractivity contribution in [2.24, 2.45) is 0 Å². The number of aliphatic carboxylic acids is 1. The normalized spacial score (nSPS) is 12.8. The van der Waals surface area contributed by atoms with Gasteiger partial charge in [0.25, 0.3) is 0 Å². The second kappa shape index (κ2) is 4.63. The maximum atomic E-state index is 10.5. The molecule has 0 aliphatic heterocycles. The molecule has 84 valence electrons. The van der Waals surface area contributed by atoms with Crippen molar-refractivity contribution in [1.82, 2.24) is 9.78 Å². The Morgan fingerprint density at radius 2 is 2.27 bits per heavy atom. The van der Waals surface area contributed by atoms with E-state index in [9.17, 15) is 9.90 Å². The molecule has 6 heteroatoms. The Labute approximate surface area is 92.3 Å². The van der Waals surface area contributed by atoms with Crippen LogP contribution in [0.3, 0.4) is 0 Å². The molecule has 0 spiro atoms. The fraction of sp³-hybridized carbons (Fsp3) is 0.556. The Balaban J connectivity index is 3.06. The molecule has 2 N–H and O–H groups in total. The monoisotopic (exact) mass is 232 g/mol. The molecule has 0 bridgehead atoms. The summed E-state index contributed by atoms with van der Waals surface area (Å²) >= 11 is 5.93. The number of carboxylic acids is 1. The van der Waals surface area contributed by atoms with Crippen LogP contribution in [-0.4, -0.2) is 26.0 Å². The Morgan fingerprint density at radius 1 is 1.67 bits per heavy atom. The average Bonchev–Trinajstić information content (AvgIpc) is 2.44. The fourth-order valence-corrected chi connectivity index (χ4v) is 1.50. The lowest BCUT2D eigenvalue weighted by Crippen LogP contribution is -2.12. The summed E-state index contributed by atoms with van der Waals surface area (Å²) in [7, 11) is 0. The molecule has 0 aromatic carbocycles. The third-order valence-corrected chi connectivity index (χ3v) is 2.61. The zero-order chi connectivity index (χ0) is 11.6. The Kier molecular flexibility index (Phi) is 3.71. The summed E-state index contributed by atoms with van der Waals surface area (Å²) in [5.41, 5.74) is 0.902. The van der Waals surface area contributed by atoms with Crippen LogP contribution in [-0.2, 0) is 11.3 Å². The maximum Gasteiger partial charge on any atom is 0.325 e. The molecule has 0 saturated carbocycles. The van der Waals surface area contributed by atoms with Gasteiger partial charge in [0, 0.05) is 0 Å². The van der Waals surface area contributed by atoms with Crippen LogP contribution in [0.4, 0.5) is 0 Å². The number of nitrogens with zero attached hydrogens (tertiary/aromatic N) is 2. The number of aliphatic hydroxyl groups is 1. The number of hydrogen-bond donors (Lipinski definition) is 2. The van der Waals surface area contributed by atoms with Crippen LogP contribution in [0, 0.1) is 6.92 Å². The van der Waals surface area contributed by atoms with Gasteiger partial charge < -0.3 is 10.2 Å². The van der Waals surface area contributed by atoms with Gasteiger partial charge in [-0.25, -0.2) is 0 Å². The molecule has 0 aliphatic rings. The molecule has 0 fully saturated rings. The molecule has 15 heavy (non-hydrogen) atoms. The first-order valence-corrected chi connectivity index (χ1v) is 4.97. The van der Waals surface area contributed by atoms with Crippen molar-refractivity contribution in [3.63, 3.8) is 0 Å². The summed E-state index contributed by atoms with van der Waals surface area (Å²) in [5.74, 6) is -0.991. The topological polar surface area (TPSA) is 75.4 Å². The van der Waals surface area contributed by atoms with Gasteiger partial charge in [0.15, 0.2) is 0 Å². The van der Waals surface area contributed by atoms with Crippen LogP contribution >= 0.6 is 11.6 Å². The van der Waals surface area contributed by atoms with Gasteiger partial charge in [0.05, 0.1) is 16.8 Å². The van der Waals surface area contributed by atoms with E-state index in [-0.39, 0.29) is 6.54 Å². The Hall–Kier alpha value is -1.07. The minimum Gasteiger partial charge on any atom is -0.480 e. The van der Waals surface area contributed by atoms with E-state index in [0.717, 1.165) is 0 Å². The Bertz CT molecular complexity index is 376. The van der Waals surface area contributed by atoms with Crippen molar-refractivity contribution >= 4 is 17.6 Å². The quantitative estimate of drug-likeness (QED) is 0.822. The van der Waals surface area contributed by atoms with E-state index in [0.29, 0.717) is 22.8 Å². The van der Waals surface area contributed by atoms with Crippen molar-refractivity contribution in [3.8, 4) is 0 Å². The predicted octanol–water partition coefficient (Wildman–Crippen LogP) is 1.37. The number of rotatable bonds is 4. The zero-order valence-electron chi connectivity index (χ0n) is 8.57. The van der Waals surface area contributed by atoms with Crippen LogP contribution in [0.25, 0.3) is 0 Å². The van der Waals surface area contributed by atoms with Gasteiger partial charge in [-0.1, -0.05) is 18.5 Å². The first-order valence-electron chi connectivity index (χ1n) is 4.60. The van der Waals surface area contributed by atoms with Gasteiger partial charge >= 0.3 is 5.97 Å². The minimum absolute atomic E-state index is 0.248. The van der Waals surface area contributed by atoms with Gasteiger partial charge in [-0.15, -0.1) is 0 Å². The third-order valence-electron chi connectivity index (χ3n) is 2.15. The predicted molar refractivity (Wildman–Crippen MR) is 54.9 cm³/mol. The standard InChI is InChI=1S/C9H13ClN2O3/c1-3-6(13)9-8(10)5(2)12(11-9)4-7(14)15/h6,13H,3-4H2,1-2H3,(H,14,15). The minimum atomic E-state index is -0.991. The molecule has 0 aliphatic carbocycles. The second-order valence-corrected chi connectivity index (χ2v) is 3.64. The highest BCUT2D eigenvalue weighted by Gasteiger charge is 2.19. The van der Waals surface area contributed by atoms with Crippen molar-refractivity contribution in [2.75, 3.05) is 0 Å². The molecule has 5 nitrogen and oxygen atoms in total. The molecule has 1 unspecified atom stereocenters. The fourth-order valence-electron chi connectivity index (χ4n) is 1.24. The molecular weight excluding hydrogens is 220 g/mol. The van der Waals surface area contributed by atoms with E-state index in [1.165, 1.54) is 4.68 Å². The molecule has 0 saturated heterocycles. The lowest BCUT2D eigenvalue weighted by molar-refractivity contribution is -0.137. The van der Waals surface area contributed by atoms with Gasteiger partial charge in [-0.05, 0) is 13.3 Å². The number of hydrogen-bond acceptors (Lipinski definition) is 3. The maximum absolute atomic E-state index is 10.5. The van der Waals surface area contributed by atoms with Crippen molar-refractivity contribution < 1.29 is 15.0 Å². The molecule has 1 rings (SSSR count). The SMILES string of the molecule is CCC(O)c1nn(CC(=O)O)c(C)c1Cl. The molecular formula is C9H13ClN2O3. The van der Waals surface area contributed by atoms with E-state index >= 15 is 0 Å². The van der Waals surface area contributed by atoms with Crippen LogP contribution in [0.5, 0.6) is 0 Å².